The summed E-state index contributed by atoms with van der Waals surface area (Å²) in [7, 11) is 0. The molecule has 0 saturated heterocycles. The molecule has 112 valence electrons. The van der Waals surface area contributed by atoms with Crippen molar-refractivity contribution in [2.75, 3.05) is 25.1 Å². The molecule has 5 heteroatoms. The first-order valence-electron chi connectivity index (χ1n) is 7.16. The standard InChI is InChI=1S/C16H20N2O3/c1-2-9-21-10-5-8-17-15-13-7-4-3-6-12(13)14(11-18-15)16(19)20/h3-4,6-7,11H,2,5,8-10H2,1H3,(H,17,18)(H,19,20). The average Bonchev–Trinajstić information content (AvgIpc) is 2.50. The van der Waals surface area contributed by atoms with E-state index < -0.39 is 5.97 Å². The van der Waals surface area contributed by atoms with Gasteiger partial charge >= 0.3 is 5.97 Å². The number of aromatic nitrogens is 1. The van der Waals surface area contributed by atoms with Gasteiger partial charge in [-0.3, -0.25) is 0 Å². The third-order valence-electron chi connectivity index (χ3n) is 3.13. The molecule has 0 aliphatic rings. The van der Waals surface area contributed by atoms with Crippen molar-refractivity contribution in [3.63, 3.8) is 0 Å². The molecular formula is C16H20N2O3. The number of benzene rings is 1. The summed E-state index contributed by atoms with van der Waals surface area (Å²) in [6, 6.07) is 7.39. The number of nitrogens with zero attached hydrogens (tertiary/aromatic N) is 1. The molecule has 0 saturated carbocycles. The number of fused-ring (bicyclic) bond motifs is 1. The number of pyridine rings is 1. The van der Waals surface area contributed by atoms with E-state index in [1.54, 1.807) is 6.07 Å². The topological polar surface area (TPSA) is 71.5 Å². The molecule has 0 bridgehead atoms. The molecule has 0 aliphatic heterocycles. The Morgan fingerprint density at radius 1 is 1.29 bits per heavy atom. The molecule has 0 amide bonds. The number of nitrogens with one attached hydrogen (secondary N) is 1. The average molecular weight is 288 g/mol. The zero-order valence-corrected chi connectivity index (χ0v) is 12.1. The molecule has 2 aromatic rings. The first kappa shape index (κ1) is 15.3. The number of carboxylic acids is 1. The highest BCUT2D eigenvalue weighted by Crippen LogP contribution is 2.24. The summed E-state index contributed by atoms with van der Waals surface area (Å²) in [6.07, 6.45) is 3.31. The van der Waals surface area contributed by atoms with Gasteiger partial charge in [0.05, 0.1) is 5.56 Å². The molecule has 0 spiro atoms. The zero-order chi connectivity index (χ0) is 15.1. The minimum absolute atomic E-state index is 0.224. The molecule has 5 nitrogen and oxygen atoms in total. The molecule has 0 atom stereocenters. The van der Waals surface area contributed by atoms with Crippen LogP contribution in [0.3, 0.4) is 0 Å². The number of hydrogen-bond acceptors (Lipinski definition) is 4. The van der Waals surface area contributed by atoms with E-state index in [4.69, 9.17) is 4.74 Å². The maximum Gasteiger partial charge on any atom is 0.337 e. The van der Waals surface area contributed by atoms with Crippen LogP contribution in [0.1, 0.15) is 30.1 Å². The zero-order valence-electron chi connectivity index (χ0n) is 12.1. The van der Waals surface area contributed by atoms with Crippen LogP contribution in [0.5, 0.6) is 0 Å². The maximum absolute atomic E-state index is 11.2. The Hall–Kier alpha value is -2.14. The summed E-state index contributed by atoms with van der Waals surface area (Å²) < 4.78 is 5.42. The van der Waals surface area contributed by atoms with Gasteiger partial charge in [0, 0.05) is 36.7 Å². The smallest absolute Gasteiger partial charge is 0.337 e. The lowest BCUT2D eigenvalue weighted by molar-refractivity contribution is 0.0698. The predicted octanol–water partition coefficient (Wildman–Crippen LogP) is 3.16. The summed E-state index contributed by atoms with van der Waals surface area (Å²) in [5.74, 6) is -0.246. The van der Waals surface area contributed by atoms with Gasteiger partial charge in [-0.25, -0.2) is 9.78 Å². The monoisotopic (exact) mass is 288 g/mol. The minimum atomic E-state index is -0.960. The molecule has 0 unspecified atom stereocenters. The molecule has 0 radical (unpaired) electrons. The van der Waals surface area contributed by atoms with Gasteiger partial charge in [0.1, 0.15) is 5.82 Å². The van der Waals surface area contributed by atoms with Gasteiger partial charge in [0.2, 0.25) is 0 Å². The summed E-state index contributed by atoms with van der Waals surface area (Å²) in [5.41, 5.74) is 0.224. The van der Waals surface area contributed by atoms with Crippen LogP contribution in [-0.2, 0) is 4.74 Å². The van der Waals surface area contributed by atoms with E-state index in [0.29, 0.717) is 17.8 Å². The Bertz CT molecular complexity index is 613. The van der Waals surface area contributed by atoms with Crippen molar-refractivity contribution in [1.29, 1.82) is 0 Å². The van der Waals surface area contributed by atoms with Crippen LogP contribution in [0.2, 0.25) is 0 Å². The van der Waals surface area contributed by atoms with Crippen LogP contribution in [0.15, 0.2) is 30.5 Å². The largest absolute Gasteiger partial charge is 0.478 e. The number of carboxylic acid groups (broad SMARTS) is 1. The predicted molar refractivity (Wildman–Crippen MR) is 82.9 cm³/mol. The van der Waals surface area contributed by atoms with Crippen molar-refractivity contribution < 1.29 is 14.6 Å². The van der Waals surface area contributed by atoms with Gasteiger partial charge in [0.15, 0.2) is 0 Å². The van der Waals surface area contributed by atoms with E-state index in [1.807, 2.05) is 18.2 Å². The fraction of sp³-hybridized carbons (Fsp3) is 0.375. The quantitative estimate of drug-likeness (QED) is 0.730. The Balaban J connectivity index is 2.07. The Kier molecular flexibility index (Phi) is 5.51. The van der Waals surface area contributed by atoms with E-state index in [0.717, 1.165) is 31.4 Å². The SMILES string of the molecule is CCCOCCCNc1ncc(C(=O)O)c2ccccc12. The first-order chi connectivity index (χ1) is 10.2. The van der Waals surface area contributed by atoms with E-state index >= 15 is 0 Å². The van der Waals surface area contributed by atoms with Crippen molar-refractivity contribution in [3.8, 4) is 0 Å². The Labute approximate surface area is 124 Å². The van der Waals surface area contributed by atoms with Gasteiger partial charge in [-0.2, -0.15) is 0 Å². The van der Waals surface area contributed by atoms with Crippen molar-refractivity contribution in [3.05, 3.63) is 36.0 Å². The van der Waals surface area contributed by atoms with Gasteiger partial charge < -0.3 is 15.2 Å². The lowest BCUT2D eigenvalue weighted by Gasteiger charge is -2.10. The molecule has 0 aliphatic carbocycles. The van der Waals surface area contributed by atoms with E-state index in [1.165, 1.54) is 6.20 Å². The molecule has 2 rings (SSSR count). The number of ether oxygens (including phenoxy) is 1. The van der Waals surface area contributed by atoms with Crippen LogP contribution in [0, 0.1) is 0 Å². The highest BCUT2D eigenvalue weighted by Gasteiger charge is 2.11. The Morgan fingerprint density at radius 2 is 2.05 bits per heavy atom. The number of rotatable bonds is 8. The van der Waals surface area contributed by atoms with Crippen LogP contribution in [0.25, 0.3) is 10.8 Å². The highest BCUT2D eigenvalue weighted by molar-refractivity contribution is 6.06. The van der Waals surface area contributed by atoms with Crippen molar-refractivity contribution in [2.24, 2.45) is 0 Å². The molecule has 1 aromatic heterocycles. The fourth-order valence-corrected chi connectivity index (χ4v) is 2.13. The van der Waals surface area contributed by atoms with Gasteiger partial charge in [-0.05, 0) is 12.8 Å². The van der Waals surface area contributed by atoms with Gasteiger partial charge in [-0.1, -0.05) is 31.2 Å². The molecule has 0 fully saturated rings. The number of anilines is 1. The van der Waals surface area contributed by atoms with E-state index in [2.05, 4.69) is 17.2 Å². The first-order valence-corrected chi connectivity index (χ1v) is 7.16. The van der Waals surface area contributed by atoms with Crippen LogP contribution in [-0.4, -0.2) is 35.8 Å². The molecule has 1 aromatic carbocycles. The summed E-state index contributed by atoms with van der Waals surface area (Å²) in [6.45, 7) is 4.33. The second kappa shape index (κ2) is 7.59. The fourth-order valence-electron chi connectivity index (χ4n) is 2.13. The maximum atomic E-state index is 11.2. The summed E-state index contributed by atoms with van der Waals surface area (Å²) in [4.78, 5) is 15.4. The molecule has 21 heavy (non-hydrogen) atoms. The normalized spacial score (nSPS) is 10.7. The number of hydrogen-bond donors (Lipinski definition) is 2. The summed E-state index contributed by atoms with van der Waals surface area (Å²) >= 11 is 0. The number of aromatic carboxylic acids is 1. The highest BCUT2D eigenvalue weighted by atomic mass is 16.5. The molecular weight excluding hydrogens is 268 g/mol. The van der Waals surface area contributed by atoms with Crippen LogP contribution in [0.4, 0.5) is 5.82 Å². The second-order valence-corrected chi connectivity index (χ2v) is 4.76. The van der Waals surface area contributed by atoms with Gasteiger partial charge in [-0.15, -0.1) is 0 Å². The lowest BCUT2D eigenvalue weighted by atomic mass is 10.1. The van der Waals surface area contributed by atoms with Crippen molar-refractivity contribution in [1.82, 2.24) is 4.98 Å². The van der Waals surface area contributed by atoms with E-state index in [-0.39, 0.29) is 5.56 Å². The Morgan fingerprint density at radius 3 is 2.76 bits per heavy atom. The van der Waals surface area contributed by atoms with Crippen LogP contribution >= 0.6 is 0 Å². The van der Waals surface area contributed by atoms with E-state index in [9.17, 15) is 9.90 Å². The number of carbonyl (C=O) groups is 1. The van der Waals surface area contributed by atoms with Crippen LogP contribution < -0.4 is 5.32 Å². The second-order valence-electron chi connectivity index (χ2n) is 4.76. The van der Waals surface area contributed by atoms with Gasteiger partial charge in [0.25, 0.3) is 0 Å². The third-order valence-corrected chi connectivity index (χ3v) is 3.13. The van der Waals surface area contributed by atoms with Crippen molar-refractivity contribution in [2.45, 2.75) is 19.8 Å². The summed E-state index contributed by atoms with van der Waals surface area (Å²) in [5, 5.41) is 14.0. The molecule has 1 heterocycles. The third kappa shape index (κ3) is 3.92. The minimum Gasteiger partial charge on any atom is -0.478 e. The van der Waals surface area contributed by atoms with Crippen molar-refractivity contribution >= 4 is 22.6 Å². The lowest BCUT2D eigenvalue weighted by Crippen LogP contribution is -2.09. The molecule has 2 N–H and O–H groups in total.